The van der Waals surface area contributed by atoms with Crippen LogP contribution in [-0.4, -0.2) is 11.9 Å². The number of nitrogens with one attached hydrogen (secondary N) is 1. The van der Waals surface area contributed by atoms with Gasteiger partial charge in [0.1, 0.15) is 6.04 Å². The van der Waals surface area contributed by atoms with E-state index in [-0.39, 0.29) is 11.9 Å². The SMILES string of the molecule is CC(=O)NC(C)C#N. The topological polar surface area (TPSA) is 52.9 Å². The number of hydrogen-bond donors (Lipinski definition) is 1. The van der Waals surface area contributed by atoms with Gasteiger partial charge >= 0.3 is 0 Å². The summed E-state index contributed by atoms with van der Waals surface area (Å²) >= 11 is 0. The number of carbonyl (C=O) groups excluding carboxylic acids is 1. The van der Waals surface area contributed by atoms with Gasteiger partial charge in [-0.05, 0) is 6.92 Å². The molecule has 0 rings (SSSR count). The summed E-state index contributed by atoms with van der Waals surface area (Å²) in [6.07, 6.45) is 0. The van der Waals surface area contributed by atoms with E-state index < -0.39 is 0 Å². The quantitative estimate of drug-likeness (QED) is 0.520. The van der Waals surface area contributed by atoms with Gasteiger partial charge in [-0.15, -0.1) is 0 Å². The van der Waals surface area contributed by atoms with Crippen LogP contribution in [0.5, 0.6) is 0 Å². The summed E-state index contributed by atoms with van der Waals surface area (Å²) in [7, 11) is 0. The van der Waals surface area contributed by atoms with Crippen LogP contribution >= 0.6 is 0 Å². The molecule has 0 aliphatic carbocycles. The van der Waals surface area contributed by atoms with Gasteiger partial charge < -0.3 is 5.32 Å². The Morgan fingerprint density at radius 2 is 2.38 bits per heavy atom. The molecule has 0 aromatic carbocycles. The fraction of sp³-hybridized carbons (Fsp3) is 0.600. The number of nitrogens with zero attached hydrogens (tertiary/aromatic N) is 1. The van der Waals surface area contributed by atoms with Crippen molar-refractivity contribution in [3.8, 4) is 6.07 Å². The van der Waals surface area contributed by atoms with Crippen LogP contribution in [0.2, 0.25) is 0 Å². The zero-order chi connectivity index (χ0) is 6.57. The summed E-state index contributed by atoms with van der Waals surface area (Å²) < 4.78 is 0. The molecule has 0 saturated heterocycles. The van der Waals surface area contributed by atoms with Crippen molar-refractivity contribution in [3.63, 3.8) is 0 Å². The Kier molecular flexibility index (Phi) is 2.63. The maximum atomic E-state index is 10.2. The van der Waals surface area contributed by atoms with E-state index in [1.54, 1.807) is 6.92 Å². The fourth-order valence-corrected chi connectivity index (χ4v) is 0.337. The molecule has 0 bridgehead atoms. The second kappa shape index (κ2) is 3.03. The summed E-state index contributed by atoms with van der Waals surface area (Å²) in [5, 5.41) is 10.5. The molecule has 0 saturated carbocycles. The highest BCUT2D eigenvalue weighted by Gasteiger charge is 1.96. The summed E-state index contributed by atoms with van der Waals surface area (Å²) in [6.45, 7) is 3.01. The summed E-state index contributed by atoms with van der Waals surface area (Å²) in [5.41, 5.74) is 0. The molecule has 1 unspecified atom stereocenters. The predicted octanol–water partition coefficient (Wildman–Crippen LogP) is 0.0346. The van der Waals surface area contributed by atoms with Crippen LogP contribution < -0.4 is 5.32 Å². The highest BCUT2D eigenvalue weighted by atomic mass is 16.1. The molecule has 0 aliphatic rings. The van der Waals surface area contributed by atoms with Gasteiger partial charge in [0.05, 0.1) is 6.07 Å². The van der Waals surface area contributed by atoms with Crippen molar-refractivity contribution >= 4 is 5.91 Å². The first kappa shape index (κ1) is 6.96. The molecule has 0 spiro atoms. The lowest BCUT2D eigenvalue weighted by Crippen LogP contribution is -2.28. The van der Waals surface area contributed by atoms with Gasteiger partial charge in [0, 0.05) is 6.92 Å². The number of rotatable bonds is 1. The van der Waals surface area contributed by atoms with Gasteiger partial charge in [0.2, 0.25) is 5.91 Å². The van der Waals surface area contributed by atoms with Crippen LogP contribution in [0.1, 0.15) is 13.8 Å². The van der Waals surface area contributed by atoms with E-state index in [0.29, 0.717) is 0 Å². The molecule has 3 heteroatoms. The third-order valence-electron chi connectivity index (χ3n) is 0.613. The summed E-state index contributed by atoms with van der Waals surface area (Å²) in [6, 6.07) is 1.50. The maximum absolute atomic E-state index is 10.2. The molecule has 3 nitrogen and oxygen atoms in total. The van der Waals surface area contributed by atoms with E-state index in [1.807, 2.05) is 6.07 Å². The molecule has 1 N–H and O–H groups in total. The third-order valence-corrected chi connectivity index (χ3v) is 0.613. The fourth-order valence-electron chi connectivity index (χ4n) is 0.337. The van der Waals surface area contributed by atoms with Crippen molar-refractivity contribution in [1.29, 1.82) is 5.26 Å². The monoisotopic (exact) mass is 112 g/mol. The Bertz CT molecular complexity index is 125. The van der Waals surface area contributed by atoms with Crippen molar-refractivity contribution in [2.75, 3.05) is 0 Å². The molecule has 0 aromatic rings. The molecule has 0 aromatic heterocycles. The Morgan fingerprint density at radius 3 is 2.50 bits per heavy atom. The number of hydrogen-bond acceptors (Lipinski definition) is 2. The Morgan fingerprint density at radius 1 is 1.88 bits per heavy atom. The van der Waals surface area contributed by atoms with Crippen LogP contribution in [0, 0.1) is 11.3 Å². The van der Waals surface area contributed by atoms with Crippen molar-refractivity contribution in [1.82, 2.24) is 5.32 Å². The van der Waals surface area contributed by atoms with Crippen LogP contribution in [0.25, 0.3) is 0 Å². The molecule has 1 atom stereocenters. The largest absolute Gasteiger partial charge is 0.341 e. The molecule has 1 amide bonds. The zero-order valence-electron chi connectivity index (χ0n) is 4.93. The van der Waals surface area contributed by atoms with Gasteiger partial charge in [0.15, 0.2) is 0 Å². The number of amides is 1. The van der Waals surface area contributed by atoms with Crippen molar-refractivity contribution < 1.29 is 4.79 Å². The lowest BCUT2D eigenvalue weighted by Gasteiger charge is -1.99. The van der Waals surface area contributed by atoms with E-state index in [0.717, 1.165) is 0 Å². The molecule has 8 heavy (non-hydrogen) atoms. The smallest absolute Gasteiger partial charge is 0.217 e. The second-order valence-electron chi connectivity index (χ2n) is 1.55. The Balaban J connectivity index is 3.43. The maximum Gasteiger partial charge on any atom is 0.217 e. The first-order chi connectivity index (χ1) is 3.66. The minimum absolute atomic E-state index is 0.168. The van der Waals surface area contributed by atoms with Gasteiger partial charge in [-0.2, -0.15) is 5.26 Å². The van der Waals surface area contributed by atoms with Crippen LogP contribution in [0.15, 0.2) is 0 Å². The first-order valence-electron chi connectivity index (χ1n) is 2.33. The van der Waals surface area contributed by atoms with Crippen molar-refractivity contribution in [2.24, 2.45) is 0 Å². The molecule has 0 heterocycles. The average Bonchev–Trinajstić information content (AvgIpc) is 1.65. The summed E-state index contributed by atoms with van der Waals surface area (Å²) in [5.74, 6) is -0.168. The molecular formula is C5H8N2O. The highest BCUT2D eigenvalue weighted by Crippen LogP contribution is 1.73. The van der Waals surface area contributed by atoms with Gasteiger partial charge in [-0.3, -0.25) is 4.79 Å². The van der Waals surface area contributed by atoms with Gasteiger partial charge in [-0.25, -0.2) is 0 Å². The van der Waals surface area contributed by atoms with Gasteiger partial charge in [-0.1, -0.05) is 0 Å². The molecule has 44 valence electrons. The first-order valence-corrected chi connectivity index (χ1v) is 2.33. The third kappa shape index (κ3) is 3.16. The number of nitriles is 1. The molecule has 0 radical (unpaired) electrons. The van der Waals surface area contributed by atoms with E-state index in [1.165, 1.54) is 6.92 Å². The molecule has 0 fully saturated rings. The van der Waals surface area contributed by atoms with E-state index in [2.05, 4.69) is 5.32 Å². The zero-order valence-corrected chi connectivity index (χ0v) is 4.93. The van der Waals surface area contributed by atoms with Crippen LogP contribution in [0.4, 0.5) is 0 Å². The summed E-state index contributed by atoms with van der Waals surface area (Å²) in [4.78, 5) is 10.2. The minimum Gasteiger partial charge on any atom is -0.341 e. The Hall–Kier alpha value is -1.04. The van der Waals surface area contributed by atoms with E-state index >= 15 is 0 Å². The van der Waals surface area contributed by atoms with Crippen LogP contribution in [0.3, 0.4) is 0 Å². The van der Waals surface area contributed by atoms with E-state index in [9.17, 15) is 4.79 Å². The normalized spacial score (nSPS) is 11.6. The Labute approximate surface area is 48.3 Å². The second-order valence-corrected chi connectivity index (χ2v) is 1.55. The predicted molar refractivity (Wildman–Crippen MR) is 28.9 cm³/mol. The van der Waals surface area contributed by atoms with E-state index in [4.69, 9.17) is 5.26 Å². The lowest BCUT2D eigenvalue weighted by atomic mass is 10.4. The van der Waals surface area contributed by atoms with Crippen molar-refractivity contribution in [2.45, 2.75) is 19.9 Å². The van der Waals surface area contributed by atoms with Gasteiger partial charge in [0.25, 0.3) is 0 Å². The highest BCUT2D eigenvalue weighted by molar-refractivity contribution is 5.73. The van der Waals surface area contributed by atoms with Crippen molar-refractivity contribution in [3.05, 3.63) is 0 Å². The standard InChI is InChI=1S/C5H8N2O/c1-4(3-6)7-5(2)8/h4H,1-2H3,(H,7,8). The lowest BCUT2D eigenvalue weighted by molar-refractivity contribution is -0.119. The molecular weight excluding hydrogens is 104 g/mol. The average molecular weight is 112 g/mol. The molecule has 0 aliphatic heterocycles. The minimum atomic E-state index is -0.368. The van der Waals surface area contributed by atoms with Crippen LogP contribution in [-0.2, 0) is 4.79 Å². The number of carbonyl (C=O) groups is 1.